The molecular formula is C18H21NO7. The Morgan fingerprint density at radius 2 is 1.35 bits per heavy atom. The van der Waals surface area contributed by atoms with Crippen molar-refractivity contribution in [3.8, 4) is 17.2 Å². The summed E-state index contributed by atoms with van der Waals surface area (Å²) >= 11 is 0. The van der Waals surface area contributed by atoms with E-state index in [1.807, 2.05) is 0 Å². The SMILES string of the molecule is COC(OC)(c1ccc(Oc2ccc(O)cc2)cc1)[C@@](N)(OC)C(=O)O. The molecular weight excluding hydrogens is 342 g/mol. The minimum Gasteiger partial charge on any atom is -0.508 e. The number of ether oxygens (including phenoxy) is 4. The maximum absolute atomic E-state index is 11.7. The molecule has 0 unspecified atom stereocenters. The Kier molecular flexibility index (Phi) is 5.83. The van der Waals surface area contributed by atoms with Gasteiger partial charge >= 0.3 is 5.97 Å². The van der Waals surface area contributed by atoms with Crippen molar-refractivity contribution in [2.75, 3.05) is 21.3 Å². The van der Waals surface area contributed by atoms with Crippen LogP contribution >= 0.6 is 0 Å². The van der Waals surface area contributed by atoms with E-state index in [-0.39, 0.29) is 5.75 Å². The molecule has 2 aromatic carbocycles. The van der Waals surface area contributed by atoms with Crippen molar-refractivity contribution in [3.05, 3.63) is 54.1 Å². The molecule has 26 heavy (non-hydrogen) atoms. The third kappa shape index (κ3) is 3.35. The van der Waals surface area contributed by atoms with Gasteiger partial charge in [-0.2, -0.15) is 0 Å². The van der Waals surface area contributed by atoms with Crippen molar-refractivity contribution in [1.29, 1.82) is 0 Å². The molecule has 0 radical (unpaired) electrons. The minimum atomic E-state index is -2.28. The predicted molar refractivity (Wildman–Crippen MR) is 91.9 cm³/mol. The molecule has 8 heteroatoms. The van der Waals surface area contributed by atoms with Crippen LogP contribution in [0.2, 0.25) is 0 Å². The average molecular weight is 363 g/mol. The van der Waals surface area contributed by atoms with E-state index in [1.165, 1.54) is 26.4 Å². The van der Waals surface area contributed by atoms with Gasteiger partial charge < -0.3 is 29.2 Å². The summed E-state index contributed by atoms with van der Waals surface area (Å²) in [6.45, 7) is 0. The number of rotatable bonds is 8. The van der Waals surface area contributed by atoms with Crippen molar-refractivity contribution >= 4 is 5.97 Å². The molecule has 8 nitrogen and oxygen atoms in total. The molecule has 0 aliphatic heterocycles. The summed E-state index contributed by atoms with van der Waals surface area (Å²) in [7, 11) is 3.70. The van der Waals surface area contributed by atoms with Gasteiger partial charge in [-0.1, -0.05) is 0 Å². The summed E-state index contributed by atoms with van der Waals surface area (Å²) in [4.78, 5) is 11.7. The van der Waals surface area contributed by atoms with E-state index in [2.05, 4.69) is 0 Å². The molecule has 0 amide bonds. The molecule has 0 saturated heterocycles. The second kappa shape index (κ2) is 7.71. The van der Waals surface area contributed by atoms with Crippen molar-refractivity contribution in [2.24, 2.45) is 5.73 Å². The second-order valence-corrected chi connectivity index (χ2v) is 5.39. The molecule has 2 rings (SSSR count). The third-order valence-electron chi connectivity index (χ3n) is 4.01. The quantitative estimate of drug-likeness (QED) is 0.609. The van der Waals surface area contributed by atoms with Crippen molar-refractivity contribution < 1.29 is 34.0 Å². The summed E-state index contributed by atoms with van der Waals surface area (Å²) in [5.74, 6) is -2.20. The van der Waals surface area contributed by atoms with Crippen LogP contribution in [0, 0.1) is 0 Å². The van der Waals surface area contributed by atoms with Crippen molar-refractivity contribution in [3.63, 3.8) is 0 Å². The topological polar surface area (TPSA) is 120 Å². The van der Waals surface area contributed by atoms with E-state index in [0.29, 0.717) is 17.1 Å². The Labute approximate surface area is 150 Å². The summed E-state index contributed by atoms with van der Waals surface area (Å²) in [6, 6.07) is 12.5. The van der Waals surface area contributed by atoms with E-state index >= 15 is 0 Å². The molecule has 0 heterocycles. The van der Waals surface area contributed by atoms with E-state index < -0.39 is 17.5 Å². The minimum absolute atomic E-state index is 0.130. The van der Waals surface area contributed by atoms with Crippen LogP contribution in [0.25, 0.3) is 0 Å². The van der Waals surface area contributed by atoms with Crippen LogP contribution in [0.3, 0.4) is 0 Å². The number of nitrogens with two attached hydrogens (primary N) is 1. The lowest BCUT2D eigenvalue weighted by Gasteiger charge is -2.41. The standard InChI is InChI=1S/C18H21NO7/c1-23-17(19,16(21)22)18(24-2,25-3)12-4-8-14(9-5-12)26-15-10-6-13(20)7-11-15/h4-11,20H,19H2,1-3H3,(H,21,22)/t17-/m0/s1. The molecule has 0 spiro atoms. The number of carbonyl (C=O) groups is 1. The Morgan fingerprint density at radius 1 is 0.885 bits per heavy atom. The van der Waals surface area contributed by atoms with Gasteiger partial charge in [-0.25, -0.2) is 4.79 Å². The molecule has 0 saturated carbocycles. The highest BCUT2D eigenvalue weighted by molar-refractivity contribution is 5.78. The Bertz CT molecular complexity index is 741. The first-order valence-electron chi connectivity index (χ1n) is 7.58. The van der Waals surface area contributed by atoms with Gasteiger partial charge in [-0.05, 0) is 48.5 Å². The van der Waals surface area contributed by atoms with Crippen molar-refractivity contribution in [1.82, 2.24) is 0 Å². The smallest absolute Gasteiger partial charge is 0.357 e. The van der Waals surface area contributed by atoms with Crippen LogP contribution in [0.15, 0.2) is 48.5 Å². The molecule has 0 bridgehead atoms. The van der Waals surface area contributed by atoms with Crippen molar-refractivity contribution in [2.45, 2.75) is 11.5 Å². The Hall–Kier alpha value is -2.65. The lowest BCUT2D eigenvalue weighted by Crippen LogP contribution is -2.66. The molecule has 2 aromatic rings. The van der Waals surface area contributed by atoms with Gasteiger partial charge in [-0.15, -0.1) is 0 Å². The summed E-state index contributed by atoms with van der Waals surface area (Å²) in [5.41, 5.74) is 3.97. The molecule has 0 fully saturated rings. The molecule has 1 atom stereocenters. The number of carboxylic acid groups (broad SMARTS) is 1. The fraction of sp³-hybridized carbons (Fsp3) is 0.278. The van der Waals surface area contributed by atoms with E-state index in [1.54, 1.807) is 36.4 Å². The van der Waals surface area contributed by atoms with Gasteiger partial charge in [0.1, 0.15) is 17.2 Å². The lowest BCUT2D eigenvalue weighted by molar-refractivity contribution is -0.311. The fourth-order valence-electron chi connectivity index (χ4n) is 2.59. The van der Waals surface area contributed by atoms with Crippen LogP contribution in [-0.4, -0.2) is 43.2 Å². The van der Waals surface area contributed by atoms with Gasteiger partial charge in [-0.3, -0.25) is 5.73 Å². The maximum Gasteiger partial charge on any atom is 0.357 e. The highest BCUT2D eigenvalue weighted by Gasteiger charge is 2.58. The third-order valence-corrected chi connectivity index (χ3v) is 4.01. The number of aliphatic carboxylic acids is 1. The van der Waals surface area contributed by atoms with Crippen LogP contribution in [-0.2, 0) is 24.8 Å². The zero-order valence-electron chi connectivity index (χ0n) is 14.6. The lowest BCUT2D eigenvalue weighted by atomic mass is 9.94. The summed E-state index contributed by atoms with van der Waals surface area (Å²) < 4.78 is 21.3. The van der Waals surface area contributed by atoms with Gasteiger partial charge in [0, 0.05) is 26.9 Å². The number of phenols is 1. The monoisotopic (exact) mass is 363 g/mol. The first kappa shape index (κ1) is 19.7. The zero-order chi connectivity index (χ0) is 19.4. The van der Waals surface area contributed by atoms with Crippen LogP contribution < -0.4 is 10.5 Å². The number of aromatic hydroxyl groups is 1. The number of carboxylic acids is 1. The zero-order valence-corrected chi connectivity index (χ0v) is 14.6. The molecule has 0 aliphatic rings. The highest BCUT2D eigenvalue weighted by Crippen LogP contribution is 2.38. The number of hydrogen-bond acceptors (Lipinski definition) is 7. The van der Waals surface area contributed by atoms with Gasteiger partial charge in [0.2, 0.25) is 5.79 Å². The highest BCUT2D eigenvalue weighted by atomic mass is 16.7. The Morgan fingerprint density at radius 3 is 1.73 bits per heavy atom. The first-order valence-corrected chi connectivity index (χ1v) is 7.58. The first-order chi connectivity index (χ1) is 12.3. The largest absolute Gasteiger partial charge is 0.508 e. The Balaban J connectivity index is 2.36. The normalized spacial score (nSPS) is 13.8. The van der Waals surface area contributed by atoms with E-state index in [4.69, 9.17) is 24.7 Å². The number of methoxy groups -OCH3 is 3. The molecule has 0 aliphatic carbocycles. The van der Waals surface area contributed by atoms with Crippen LogP contribution in [0.5, 0.6) is 17.2 Å². The van der Waals surface area contributed by atoms with Gasteiger partial charge in [0.05, 0.1) is 0 Å². The predicted octanol–water partition coefficient (Wildman–Crippen LogP) is 2.02. The summed E-state index contributed by atoms with van der Waals surface area (Å²) in [6.07, 6.45) is 0. The molecule has 140 valence electrons. The maximum atomic E-state index is 11.7. The number of phenolic OH excluding ortho intramolecular Hbond substituents is 1. The number of hydrogen-bond donors (Lipinski definition) is 3. The molecule has 4 N–H and O–H groups in total. The summed E-state index contributed by atoms with van der Waals surface area (Å²) in [5, 5.41) is 18.8. The fourth-order valence-corrected chi connectivity index (χ4v) is 2.59. The van der Waals surface area contributed by atoms with Crippen LogP contribution in [0.4, 0.5) is 0 Å². The van der Waals surface area contributed by atoms with Gasteiger partial charge in [0.15, 0.2) is 0 Å². The van der Waals surface area contributed by atoms with E-state index in [0.717, 1.165) is 7.11 Å². The second-order valence-electron chi connectivity index (χ2n) is 5.39. The van der Waals surface area contributed by atoms with Gasteiger partial charge in [0.25, 0.3) is 5.72 Å². The van der Waals surface area contributed by atoms with Crippen LogP contribution in [0.1, 0.15) is 5.56 Å². The average Bonchev–Trinajstić information content (AvgIpc) is 2.65. The molecule has 0 aromatic heterocycles. The number of benzene rings is 2. The van der Waals surface area contributed by atoms with E-state index in [9.17, 15) is 15.0 Å².